The second kappa shape index (κ2) is 5.54. The topological polar surface area (TPSA) is 53.7 Å². The standard InChI is InChI=1S/C13H14BrNO3/c1-2-15(5-6-16)13(17)12-7-9-3-4-10(14)8-11(9)18-12/h3-4,7-8,16H,2,5-6H2,1H3. The molecule has 0 spiro atoms. The van der Waals surface area contributed by atoms with Gasteiger partial charge in [-0.15, -0.1) is 0 Å². The quantitative estimate of drug-likeness (QED) is 0.944. The second-order valence-electron chi connectivity index (χ2n) is 3.90. The molecule has 0 bridgehead atoms. The third kappa shape index (κ3) is 2.57. The summed E-state index contributed by atoms with van der Waals surface area (Å²) in [5, 5.41) is 9.80. The van der Waals surface area contributed by atoms with Crippen molar-refractivity contribution in [3.05, 3.63) is 34.5 Å². The molecular weight excluding hydrogens is 298 g/mol. The van der Waals surface area contributed by atoms with Crippen LogP contribution in [0.25, 0.3) is 11.0 Å². The molecule has 2 rings (SSSR count). The minimum atomic E-state index is -0.195. The number of carbonyl (C=O) groups excluding carboxylic acids is 1. The number of hydrogen-bond donors (Lipinski definition) is 1. The first-order valence-electron chi connectivity index (χ1n) is 5.75. The van der Waals surface area contributed by atoms with Crippen molar-refractivity contribution in [2.45, 2.75) is 6.92 Å². The smallest absolute Gasteiger partial charge is 0.289 e. The molecule has 4 nitrogen and oxygen atoms in total. The molecule has 0 aliphatic carbocycles. The van der Waals surface area contributed by atoms with Crippen molar-refractivity contribution in [2.24, 2.45) is 0 Å². The summed E-state index contributed by atoms with van der Waals surface area (Å²) in [6, 6.07) is 7.35. The van der Waals surface area contributed by atoms with Gasteiger partial charge in [-0.05, 0) is 31.2 Å². The number of furan rings is 1. The summed E-state index contributed by atoms with van der Waals surface area (Å²) in [4.78, 5) is 13.7. The maximum Gasteiger partial charge on any atom is 0.289 e. The van der Waals surface area contributed by atoms with E-state index in [0.717, 1.165) is 9.86 Å². The van der Waals surface area contributed by atoms with E-state index in [1.807, 2.05) is 25.1 Å². The van der Waals surface area contributed by atoms with Crippen molar-refractivity contribution >= 4 is 32.8 Å². The van der Waals surface area contributed by atoms with Crippen molar-refractivity contribution < 1.29 is 14.3 Å². The van der Waals surface area contributed by atoms with Crippen LogP contribution in [0.15, 0.2) is 33.2 Å². The molecule has 0 radical (unpaired) electrons. The van der Waals surface area contributed by atoms with Crippen molar-refractivity contribution in [1.82, 2.24) is 4.90 Å². The number of fused-ring (bicyclic) bond motifs is 1. The van der Waals surface area contributed by atoms with Gasteiger partial charge in [0.1, 0.15) is 5.58 Å². The minimum Gasteiger partial charge on any atom is -0.451 e. The highest BCUT2D eigenvalue weighted by Crippen LogP contribution is 2.24. The molecule has 0 fully saturated rings. The van der Waals surface area contributed by atoms with Crippen LogP contribution >= 0.6 is 15.9 Å². The number of aliphatic hydroxyl groups excluding tert-OH is 1. The van der Waals surface area contributed by atoms with E-state index in [0.29, 0.717) is 24.4 Å². The largest absolute Gasteiger partial charge is 0.451 e. The molecule has 0 saturated heterocycles. The zero-order chi connectivity index (χ0) is 13.1. The number of carbonyl (C=O) groups is 1. The fourth-order valence-electron chi connectivity index (χ4n) is 1.79. The Labute approximate surface area is 113 Å². The van der Waals surface area contributed by atoms with Gasteiger partial charge in [0, 0.05) is 22.9 Å². The summed E-state index contributed by atoms with van der Waals surface area (Å²) >= 11 is 3.36. The molecular formula is C13H14BrNO3. The summed E-state index contributed by atoms with van der Waals surface area (Å²) in [5.74, 6) is 0.109. The summed E-state index contributed by atoms with van der Waals surface area (Å²) in [7, 11) is 0. The Bertz CT molecular complexity index is 564. The number of benzene rings is 1. The summed E-state index contributed by atoms with van der Waals surface area (Å²) in [6.07, 6.45) is 0. The predicted octanol–water partition coefficient (Wildman–Crippen LogP) is 2.65. The Balaban J connectivity index is 2.32. The van der Waals surface area contributed by atoms with Crippen molar-refractivity contribution in [3.8, 4) is 0 Å². The first-order chi connectivity index (χ1) is 8.65. The summed E-state index contributed by atoms with van der Waals surface area (Å²) in [6.45, 7) is 2.67. The van der Waals surface area contributed by atoms with E-state index in [9.17, 15) is 4.79 Å². The van der Waals surface area contributed by atoms with Crippen LogP contribution in [0.1, 0.15) is 17.5 Å². The van der Waals surface area contributed by atoms with Gasteiger partial charge in [-0.25, -0.2) is 0 Å². The van der Waals surface area contributed by atoms with Gasteiger partial charge in [-0.1, -0.05) is 15.9 Å². The molecule has 1 amide bonds. The number of rotatable bonds is 4. The molecule has 0 saturated carbocycles. The summed E-state index contributed by atoms with van der Waals surface area (Å²) in [5.41, 5.74) is 0.674. The van der Waals surface area contributed by atoms with Crippen LogP contribution in [-0.2, 0) is 0 Å². The Morgan fingerprint density at radius 3 is 2.89 bits per heavy atom. The van der Waals surface area contributed by atoms with Crippen molar-refractivity contribution in [1.29, 1.82) is 0 Å². The van der Waals surface area contributed by atoms with Gasteiger partial charge in [0.2, 0.25) is 0 Å². The maximum absolute atomic E-state index is 12.1. The Hall–Kier alpha value is -1.33. The molecule has 1 heterocycles. The van der Waals surface area contributed by atoms with Crippen LogP contribution in [0.4, 0.5) is 0 Å². The molecule has 1 aromatic heterocycles. The van der Waals surface area contributed by atoms with Gasteiger partial charge in [0.15, 0.2) is 5.76 Å². The second-order valence-corrected chi connectivity index (χ2v) is 4.82. The van der Waals surface area contributed by atoms with Gasteiger partial charge in [-0.3, -0.25) is 4.79 Å². The van der Waals surface area contributed by atoms with Gasteiger partial charge in [0.25, 0.3) is 5.91 Å². The van der Waals surface area contributed by atoms with Crippen LogP contribution in [0.3, 0.4) is 0 Å². The lowest BCUT2D eigenvalue weighted by atomic mass is 10.2. The van der Waals surface area contributed by atoms with Gasteiger partial charge < -0.3 is 14.4 Å². The Morgan fingerprint density at radius 2 is 2.22 bits per heavy atom. The lowest BCUT2D eigenvalue weighted by molar-refractivity contribution is 0.0702. The highest BCUT2D eigenvalue weighted by Gasteiger charge is 2.18. The highest BCUT2D eigenvalue weighted by molar-refractivity contribution is 9.10. The molecule has 0 aliphatic rings. The monoisotopic (exact) mass is 311 g/mol. The Kier molecular flexibility index (Phi) is 4.04. The third-order valence-corrected chi connectivity index (χ3v) is 3.23. The summed E-state index contributed by atoms with van der Waals surface area (Å²) < 4.78 is 6.45. The number of aliphatic hydroxyl groups is 1. The van der Waals surface area contributed by atoms with Gasteiger partial charge in [0.05, 0.1) is 6.61 Å². The zero-order valence-corrected chi connectivity index (χ0v) is 11.6. The van der Waals surface area contributed by atoms with Crippen LogP contribution in [0.2, 0.25) is 0 Å². The molecule has 96 valence electrons. The van der Waals surface area contributed by atoms with E-state index in [2.05, 4.69) is 15.9 Å². The number of nitrogens with zero attached hydrogens (tertiary/aromatic N) is 1. The molecule has 1 aromatic carbocycles. The number of amides is 1. The lowest BCUT2D eigenvalue weighted by Crippen LogP contribution is -2.33. The third-order valence-electron chi connectivity index (χ3n) is 2.73. The van der Waals surface area contributed by atoms with E-state index >= 15 is 0 Å². The lowest BCUT2D eigenvalue weighted by Gasteiger charge is -2.17. The molecule has 5 heteroatoms. The van der Waals surface area contributed by atoms with Crippen molar-refractivity contribution in [2.75, 3.05) is 19.7 Å². The maximum atomic E-state index is 12.1. The molecule has 0 unspecified atom stereocenters. The number of halogens is 1. The van der Waals surface area contributed by atoms with Gasteiger partial charge >= 0.3 is 0 Å². The van der Waals surface area contributed by atoms with Crippen LogP contribution in [0, 0.1) is 0 Å². The first kappa shape index (κ1) is 13.1. The molecule has 18 heavy (non-hydrogen) atoms. The highest BCUT2D eigenvalue weighted by atomic mass is 79.9. The zero-order valence-electron chi connectivity index (χ0n) is 10.0. The van der Waals surface area contributed by atoms with E-state index in [1.165, 1.54) is 0 Å². The Morgan fingerprint density at radius 1 is 1.44 bits per heavy atom. The number of hydrogen-bond acceptors (Lipinski definition) is 3. The molecule has 1 N–H and O–H groups in total. The fraction of sp³-hybridized carbons (Fsp3) is 0.308. The molecule has 0 aliphatic heterocycles. The van der Waals surface area contributed by atoms with Gasteiger partial charge in [-0.2, -0.15) is 0 Å². The van der Waals surface area contributed by atoms with Crippen molar-refractivity contribution in [3.63, 3.8) is 0 Å². The molecule has 2 aromatic rings. The van der Waals surface area contributed by atoms with Crippen LogP contribution in [-0.4, -0.2) is 35.6 Å². The minimum absolute atomic E-state index is 0.0502. The van der Waals surface area contributed by atoms with E-state index in [4.69, 9.17) is 9.52 Å². The average molecular weight is 312 g/mol. The first-order valence-corrected chi connectivity index (χ1v) is 6.54. The number of likely N-dealkylation sites (N-methyl/N-ethyl adjacent to an activating group) is 1. The van der Waals surface area contributed by atoms with E-state index < -0.39 is 0 Å². The average Bonchev–Trinajstić information content (AvgIpc) is 2.77. The fourth-order valence-corrected chi connectivity index (χ4v) is 2.13. The van der Waals surface area contributed by atoms with Crippen LogP contribution in [0.5, 0.6) is 0 Å². The molecule has 0 atom stereocenters. The van der Waals surface area contributed by atoms with E-state index in [-0.39, 0.29) is 12.5 Å². The van der Waals surface area contributed by atoms with E-state index in [1.54, 1.807) is 11.0 Å². The SMILES string of the molecule is CCN(CCO)C(=O)c1cc2ccc(Br)cc2o1. The predicted molar refractivity (Wildman–Crippen MR) is 72.6 cm³/mol. The van der Waals surface area contributed by atoms with Crippen LogP contribution < -0.4 is 0 Å². The normalized spacial score (nSPS) is 10.8.